The Balaban J connectivity index is 1.33. The first-order valence-electron chi connectivity index (χ1n) is 12.5. The minimum atomic E-state index is -0.454. The Morgan fingerprint density at radius 3 is 2.53 bits per heavy atom. The molecule has 36 heavy (non-hydrogen) atoms. The molecule has 4 aromatic rings. The van der Waals surface area contributed by atoms with Crippen molar-refractivity contribution in [3.63, 3.8) is 0 Å². The average molecular weight is 485 g/mol. The summed E-state index contributed by atoms with van der Waals surface area (Å²) in [7, 11) is 2.13. The van der Waals surface area contributed by atoms with Crippen LogP contribution in [0, 0.1) is 5.82 Å². The molecule has 0 saturated carbocycles. The van der Waals surface area contributed by atoms with Gasteiger partial charge in [0.05, 0.1) is 16.9 Å². The Morgan fingerprint density at radius 2 is 1.72 bits per heavy atom. The standard InChI is InChI=1S/C28H29FN6O/c1-33-12-14-35(15-13-33)25-9-5-7-23(32-25)19-16-21-22(18-31-28(21)30-17-19)27(36)20-6-4-8-24(26(20)29)34-10-2-3-11-34/h4-9,16-18H,2-3,10-15H2,1H3,(H,30,31). The van der Waals surface area contributed by atoms with Crippen LogP contribution in [-0.4, -0.2) is 72.0 Å². The lowest BCUT2D eigenvalue weighted by Gasteiger charge is -2.33. The third kappa shape index (κ3) is 4.11. The number of hydrogen-bond donors (Lipinski definition) is 1. The van der Waals surface area contributed by atoms with Crippen molar-refractivity contribution < 1.29 is 9.18 Å². The van der Waals surface area contributed by atoms with Gasteiger partial charge < -0.3 is 19.7 Å². The number of fused-ring (bicyclic) bond motifs is 1. The van der Waals surface area contributed by atoms with Crippen molar-refractivity contribution in [1.29, 1.82) is 0 Å². The Labute approximate surface area is 209 Å². The molecule has 0 amide bonds. The predicted octanol–water partition coefficient (Wildman–Crippen LogP) is 4.35. The molecule has 184 valence electrons. The van der Waals surface area contributed by atoms with Gasteiger partial charge in [0.25, 0.3) is 0 Å². The van der Waals surface area contributed by atoms with Crippen molar-refractivity contribution >= 4 is 28.3 Å². The van der Waals surface area contributed by atoms with E-state index >= 15 is 4.39 Å². The van der Waals surface area contributed by atoms with Crippen LogP contribution in [0.25, 0.3) is 22.3 Å². The maximum absolute atomic E-state index is 15.5. The second-order valence-corrected chi connectivity index (χ2v) is 9.66. The van der Waals surface area contributed by atoms with Crippen LogP contribution in [0.3, 0.4) is 0 Å². The average Bonchev–Trinajstić information content (AvgIpc) is 3.59. The molecule has 0 bridgehead atoms. The van der Waals surface area contributed by atoms with Crippen LogP contribution in [-0.2, 0) is 0 Å². The number of benzene rings is 1. The summed E-state index contributed by atoms with van der Waals surface area (Å²) in [4.78, 5) is 32.6. The number of pyridine rings is 2. The highest BCUT2D eigenvalue weighted by Crippen LogP contribution is 2.30. The van der Waals surface area contributed by atoms with E-state index in [2.05, 4.69) is 26.8 Å². The topological polar surface area (TPSA) is 68.4 Å². The minimum absolute atomic E-state index is 0.0842. The number of aromatic nitrogens is 3. The third-order valence-electron chi connectivity index (χ3n) is 7.30. The Kier molecular flexibility index (Phi) is 5.89. The number of anilines is 2. The molecular formula is C28H29FN6O. The first-order chi connectivity index (χ1) is 17.6. The van der Waals surface area contributed by atoms with Crippen LogP contribution in [0.4, 0.5) is 15.9 Å². The van der Waals surface area contributed by atoms with Gasteiger partial charge in [-0.05, 0) is 50.2 Å². The molecule has 5 heterocycles. The number of piperazine rings is 1. The summed E-state index contributed by atoms with van der Waals surface area (Å²) < 4.78 is 15.5. The highest BCUT2D eigenvalue weighted by molar-refractivity contribution is 6.16. The summed E-state index contributed by atoms with van der Waals surface area (Å²) >= 11 is 0. The van der Waals surface area contributed by atoms with Crippen LogP contribution >= 0.6 is 0 Å². The van der Waals surface area contributed by atoms with E-state index in [1.807, 2.05) is 29.2 Å². The van der Waals surface area contributed by atoms with Gasteiger partial charge in [-0.15, -0.1) is 0 Å². The van der Waals surface area contributed by atoms with Gasteiger partial charge in [-0.1, -0.05) is 12.1 Å². The Hall–Kier alpha value is -3.78. The molecule has 0 radical (unpaired) electrons. The van der Waals surface area contributed by atoms with Gasteiger partial charge in [-0.25, -0.2) is 14.4 Å². The lowest BCUT2D eigenvalue weighted by molar-refractivity contribution is 0.103. The molecule has 2 saturated heterocycles. The molecule has 2 fully saturated rings. The summed E-state index contributed by atoms with van der Waals surface area (Å²) in [6, 6.07) is 13.0. The smallest absolute Gasteiger partial charge is 0.198 e. The zero-order valence-corrected chi connectivity index (χ0v) is 20.4. The van der Waals surface area contributed by atoms with Crippen LogP contribution < -0.4 is 9.80 Å². The van der Waals surface area contributed by atoms with E-state index < -0.39 is 5.82 Å². The summed E-state index contributed by atoms with van der Waals surface area (Å²) in [5, 5.41) is 0.662. The number of nitrogens with one attached hydrogen (secondary N) is 1. The van der Waals surface area contributed by atoms with Crippen LogP contribution in [0.1, 0.15) is 28.8 Å². The second-order valence-electron chi connectivity index (χ2n) is 9.66. The predicted molar refractivity (Wildman–Crippen MR) is 140 cm³/mol. The molecule has 2 aliphatic rings. The molecule has 3 aromatic heterocycles. The summed E-state index contributed by atoms with van der Waals surface area (Å²) in [5.74, 6) is 0.133. The molecule has 6 rings (SSSR count). The van der Waals surface area contributed by atoms with Crippen LogP contribution in [0.5, 0.6) is 0 Å². The lowest BCUT2D eigenvalue weighted by atomic mass is 10.0. The lowest BCUT2D eigenvalue weighted by Crippen LogP contribution is -2.44. The van der Waals surface area contributed by atoms with Gasteiger partial charge in [-0.2, -0.15) is 0 Å². The monoisotopic (exact) mass is 484 g/mol. The van der Waals surface area contributed by atoms with E-state index in [0.717, 1.165) is 69.2 Å². The number of ketones is 1. The van der Waals surface area contributed by atoms with Gasteiger partial charge in [0.1, 0.15) is 11.5 Å². The molecular weight excluding hydrogens is 455 g/mol. The Morgan fingerprint density at radius 1 is 0.944 bits per heavy atom. The number of carbonyl (C=O) groups is 1. The highest BCUT2D eigenvalue weighted by atomic mass is 19.1. The highest BCUT2D eigenvalue weighted by Gasteiger charge is 2.24. The number of likely N-dealkylation sites (N-methyl/N-ethyl adjacent to an activating group) is 1. The fourth-order valence-electron chi connectivity index (χ4n) is 5.17. The maximum Gasteiger partial charge on any atom is 0.198 e. The van der Waals surface area contributed by atoms with E-state index in [0.29, 0.717) is 22.3 Å². The number of H-pyrrole nitrogens is 1. The van der Waals surface area contributed by atoms with E-state index in [-0.39, 0.29) is 11.3 Å². The molecule has 0 unspecified atom stereocenters. The zero-order chi connectivity index (χ0) is 24.6. The summed E-state index contributed by atoms with van der Waals surface area (Å²) in [5.41, 5.74) is 3.20. The first kappa shape index (κ1) is 22.7. The molecule has 0 spiro atoms. The maximum atomic E-state index is 15.5. The van der Waals surface area contributed by atoms with Gasteiger partial charge in [-0.3, -0.25) is 4.79 Å². The van der Waals surface area contributed by atoms with Crippen molar-refractivity contribution in [3.05, 3.63) is 71.8 Å². The van der Waals surface area contributed by atoms with E-state index in [9.17, 15) is 4.79 Å². The number of nitrogens with zero attached hydrogens (tertiary/aromatic N) is 5. The normalized spacial score (nSPS) is 16.7. The van der Waals surface area contributed by atoms with Crippen molar-refractivity contribution in [2.75, 3.05) is 56.1 Å². The number of carbonyl (C=O) groups excluding carboxylic acids is 1. The largest absolute Gasteiger partial charge is 0.369 e. The van der Waals surface area contributed by atoms with Crippen LogP contribution in [0.15, 0.2) is 54.9 Å². The van der Waals surface area contributed by atoms with E-state index in [4.69, 9.17) is 4.98 Å². The number of hydrogen-bond acceptors (Lipinski definition) is 6. The first-order valence-corrected chi connectivity index (χ1v) is 12.5. The molecule has 2 aliphatic heterocycles. The molecule has 7 nitrogen and oxygen atoms in total. The minimum Gasteiger partial charge on any atom is -0.369 e. The summed E-state index contributed by atoms with van der Waals surface area (Å²) in [6.07, 6.45) is 5.47. The van der Waals surface area contributed by atoms with E-state index in [1.54, 1.807) is 30.6 Å². The molecule has 0 aliphatic carbocycles. The number of rotatable bonds is 5. The molecule has 8 heteroatoms. The molecule has 0 atom stereocenters. The van der Waals surface area contributed by atoms with Gasteiger partial charge in [0, 0.05) is 68.2 Å². The number of aromatic amines is 1. The fourth-order valence-corrected chi connectivity index (χ4v) is 5.17. The van der Waals surface area contributed by atoms with Gasteiger partial charge in [0.2, 0.25) is 0 Å². The second kappa shape index (κ2) is 9.35. The SMILES string of the molecule is CN1CCN(c2cccc(-c3cnc4[nH]cc(C(=O)c5cccc(N6CCCC6)c5F)c4c3)n2)CC1. The zero-order valence-electron chi connectivity index (χ0n) is 20.4. The Bertz CT molecular complexity index is 1420. The quantitative estimate of drug-likeness (QED) is 0.425. The van der Waals surface area contributed by atoms with Crippen molar-refractivity contribution in [3.8, 4) is 11.3 Å². The van der Waals surface area contributed by atoms with Crippen molar-refractivity contribution in [2.24, 2.45) is 0 Å². The van der Waals surface area contributed by atoms with Crippen LogP contribution in [0.2, 0.25) is 0 Å². The molecule has 1 N–H and O–H groups in total. The van der Waals surface area contributed by atoms with Gasteiger partial charge in [0.15, 0.2) is 11.6 Å². The summed E-state index contributed by atoms with van der Waals surface area (Å²) in [6.45, 7) is 5.50. The molecule has 1 aromatic carbocycles. The van der Waals surface area contributed by atoms with Crippen molar-refractivity contribution in [1.82, 2.24) is 19.9 Å². The number of halogens is 1. The van der Waals surface area contributed by atoms with Gasteiger partial charge >= 0.3 is 0 Å². The fraction of sp³-hybridized carbons (Fsp3) is 0.321. The van der Waals surface area contributed by atoms with E-state index in [1.165, 1.54) is 0 Å². The third-order valence-corrected chi connectivity index (χ3v) is 7.30. The van der Waals surface area contributed by atoms with Crippen molar-refractivity contribution in [2.45, 2.75) is 12.8 Å².